The van der Waals surface area contributed by atoms with E-state index in [-0.39, 0.29) is 29.7 Å². The number of nitrogens with zero attached hydrogens (tertiary/aromatic N) is 1. The van der Waals surface area contributed by atoms with E-state index in [4.69, 9.17) is 5.73 Å². The molecule has 2 saturated carbocycles. The Kier molecular flexibility index (Phi) is 5.48. The normalized spacial score (nSPS) is 31.3. The number of hydrogen-bond donors (Lipinski definition) is 3. The molecule has 3 fully saturated rings. The maximum atomic E-state index is 13.1. The van der Waals surface area contributed by atoms with Crippen LogP contribution in [0.3, 0.4) is 0 Å². The zero-order valence-electron chi connectivity index (χ0n) is 18.9. The lowest BCUT2D eigenvalue weighted by Gasteiger charge is -2.39. The number of nitrogens with two attached hydrogens (primary N) is 1. The van der Waals surface area contributed by atoms with Crippen LogP contribution in [-0.4, -0.2) is 40.2 Å². The number of amides is 3. The number of benzene rings is 1. The van der Waals surface area contributed by atoms with Gasteiger partial charge in [-0.1, -0.05) is 18.9 Å². The minimum absolute atomic E-state index is 0.0521. The summed E-state index contributed by atoms with van der Waals surface area (Å²) >= 11 is 0. The Hall–Kier alpha value is -2.41. The number of piperidine rings is 1. The molecule has 0 bridgehead atoms. The zero-order valence-corrected chi connectivity index (χ0v) is 18.9. The van der Waals surface area contributed by atoms with Crippen molar-refractivity contribution in [2.24, 2.45) is 17.6 Å². The van der Waals surface area contributed by atoms with E-state index in [1.807, 2.05) is 12.1 Å². The van der Waals surface area contributed by atoms with Crippen LogP contribution in [0.5, 0.6) is 0 Å². The van der Waals surface area contributed by atoms with Crippen molar-refractivity contribution in [3.8, 4) is 0 Å². The van der Waals surface area contributed by atoms with Gasteiger partial charge in [0, 0.05) is 41.4 Å². The maximum Gasteiger partial charge on any atom is 0.255 e. The lowest BCUT2D eigenvalue weighted by Crippen LogP contribution is -2.52. The van der Waals surface area contributed by atoms with Crippen LogP contribution < -0.4 is 16.4 Å². The molecule has 1 saturated heterocycles. The lowest BCUT2D eigenvalue weighted by atomic mass is 9.74. The van der Waals surface area contributed by atoms with Gasteiger partial charge in [0.2, 0.25) is 11.8 Å². The van der Waals surface area contributed by atoms with Gasteiger partial charge in [0.25, 0.3) is 5.91 Å². The molecule has 2 atom stereocenters. The van der Waals surface area contributed by atoms with Crippen LogP contribution in [-0.2, 0) is 16.1 Å². The maximum absolute atomic E-state index is 13.1. The molecule has 4 N–H and O–H groups in total. The summed E-state index contributed by atoms with van der Waals surface area (Å²) in [6.07, 6.45) is 8.82. The third-order valence-corrected chi connectivity index (χ3v) is 7.95. The second kappa shape index (κ2) is 8.18. The van der Waals surface area contributed by atoms with Crippen molar-refractivity contribution in [1.29, 1.82) is 0 Å². The average Bonchev–Trinajstić information content (AvgIpc) is 3.50. The minimum atomic E-state index is -0.580. The lowest BCUT2D eigenvalue weighted by molar-refractivity contribution is -0.136. The summed E-state index contributed by atoms with van der Waals surface area (Å²) in [4.78, 5) is 38.7. The summed E-state index contributed by atoms with van der Waals surface area (Å²) in [6.45, 7) is 2.57. The van der Waals surface area contributed by atoms with Crippen molar-refractivity contribution in [1.82, 2.24) is 10.2 Å². The number of rotatable bonds is 6. The second-order valence-electron chi connectivity index (χ2n) is 10.7. The topological polar surface area (TPSA) is 105 Å². The monoisotopic (exact) mass is 438 g/mol. The third kappa shape index (κ3) is 4.27. The molecule has 2 heterocycles. The largest absolute Gasteiger partial charge is 0.382 e. The van der Waals surface area contributed by atoms with Crippen molar-refractivity contribution < 1.29 is 14.4 Å². The summed E-state index contributed by atoms with van der Waals surface area (Å²) in [6, 6.07) is 5.65. The van der Waals surface area contributed by atoms with Gasteiger partial charge in [0.1, 0.15) is 6.04 Å². The van der Waals surface area contributed by atoms with Crippen molar-refractivity contribution in [2.45, 2.75) is 88.9 Å². The SMILES string of the molecule is CC1(N)CCC([C@@H](CC2CC2)Nc2cccc3c2CN([C@@H]2CCC(=O)NC2=O)C3=O)CC1. The summed E-state index contributed by atoms with van der Waals surface area (Å²) < 4.78 is 0. The van der Waals surface area contributed by atoms with Gasteiger partial charge in [-0.2, -0.15) is 0 Å². The molecule has 2 aliphatic heterocycles. The van der Waals surface area contributed by atoms with Crippen LogP contribution in [0.25, 0.3) is 0 Å². The highest BCUT2D eigenvalue weighted by atomic mass is 16.2. The molecule has 1 aromatic rings. The molecule has 32 heavy (non-hydrogen) atoms. The van der Waals surface area contributed by atoms with Crippen molar-refractivity contribution in [2.75, 3.05) is 5.32 Å². The van der Waals surface area contributed by atoms with Gasteiger partial charge < -0.3 is 16.0 Å². The molecule has 7 nitrogen and oxygen atoms in total. The molecular formula is C25H34N4O3. The molecule has 4 aliphatic rings. The van der Waals surface area contributed by atoms with E-state index in [1.165, 1.54) is 19.3 Å². The molecule has 3 amide bonds. The zero-order chi connectivity index (χ0) is 22.5. The quantitative estimate of drug-likeness (QED) is 0.593. The van der Waals surface area contributed by atoms with Gasteiger partial charge in [-0.15, -0.1) is 0 Å². The van der Waals surface area contributed by atoms with Crippen LogP contribution in [0.1, 0.15) is 80.6 Å². The van der Waals surface area contributed by atoms with Crippen molar-refractivity contribution in [3.63, 3.8) is 0 Å². The fourth-order valence-corrected chi connectivity index (χ4v) is 5.70. The van der Waals surface area contributed by atoms with Crippen LogP contribution in [0, 0.1) is 11.8 Å². The summed E-state index contributed by atoms with van der Waals surface area (Å²) in [5, 5.41) is 6.22. The van der Waals surface area contributed by atoms with E-state index < -0.39 is 6.04 Å². The number of hydrogen-bond acceptors (Lipinski definition) is 5. The molecule has 2 aliphatic carbocycles. The molecule has 0 aromatic heterocycles. The van der Waals surface area contributed by atoms with E-state index in [1.54, 1.807) is 4.90 Å². The second-order valence-corrected chi connectivity index (χ2v) is 10.7. The molecular weight excluding hydrogens is 404 g/mol. The van der Waals surface area contributed by atoms with Crippen LogP contribution in [0.4, 0.5) is 5.69 Å². The first-order valence-corrected chi connectivity index (χ1v) is 12.1. The van der Waals surface area contributed by atoms with E-state index >= 15 is 0 Å². The number of carbonyl (C=O) groups is 3. The highest BCUT2D eigenvalue weighted by molar-refractivity contribution is 6.06. The van der Waals surface area contributed by atoms with Gasteiger partial charge >= 0.3 is 0 Å². The van der Waals surface area contributed by atoms with Gasteiger partial charge in [0.05, 0.1) is 0 Å². The number of nitrogens with one attached hydrogen (secondary N) is 2. The number of fused-ring (bicyclic) bond motifs is 1. The number of anilines is 1. The van der Waals surface area contributed by atoms with Crippen molar-refractivity contribution in [3.05, 3.63) is 29.3 Å². The third-order valence-electron chi connectivity index (χ3n) is 7.95. The minimum Gasteiger partial charge on any atom is -0.382 e. The first-order valence-electron chi connectivity index (χ1n) is 12.1. The van der Waals surface area contributed by atoms with E-state index in [0.29, 0.717) is 30.5 Å². The molecule has 0 unspecified atom stereocenters. The van der Waals surface area contributed by atoms with Crippen LogP contribution in [0.15, 0.2) is 18.2 Å². The highest BCUT2D eigenvalue weighted by Gasteiger charge is 2.41. The Morgan fingerprint density at radius 1 is 1.16 bits per heavy atom. The molecule has 5 rings (SSSR count). The molecule has 0 radical (unpaired) electrons. The fraction of sp³-hybridized carbons (Fsp3) is 0.640. The molecule has 1 aromatic carbocycles. The van der Waals surface area contributed by atoms with Gasteiger partial charge in [-0.3, -0.25) is 19.7 Å². The Labute approximate surface area is 189 Å². The molecule has 7 heteroatoms. The Bertz CT molecular complexity index is 929. The first kappa shape index (κ1) is 21.4. The molecule has 0 spiro atoms. The fourth-order valence-electron chi connectivity index (χ4n) is 5.70. The summed E-state index contributed by atoms with van der Waals surface area (Å²) in [7, 11) is 0. The smallest absolute Gasteiger partial charge is 0.255 e. The predicted octanol–water partition coefficient (Wildman–Crippen LogP) is 2.94. The molecule has 172 valence electrons. The van der Waals surface area contributed by atoms with Gasteiger partial charge in [-0.05, 0) is 69.4 Å². The predicted molar refractivity (Wildman–Crippen MR) is 122 cm³/mol. The van der Waals surface area contributed by atoms with Crippen molar-refractivity contribution >= 4 is 23.4 Å². The van der Waals surface area contributed by atoms with Crippen LogP contribution in [0.2, 0.25) is 0 Å². The first-order chi connectivity index (χ1) is 15.3. The van der Waals surface area contributed by atoms with Gasteiger partial charge in [0.15, 0.2) is 0 Å². The Morgan fingerprint density at radius 3 is 2.59 bits per heavy atom. The van der Waals surface area contributed by atoms with E-state index in [0.717, 1.165) is 42.9 Å². The number of carbonyl (C=O) groups excluding carboxylic acids is 3. The average molecular weight is 439 g/mol. The van der Waals surface area contributed by atoms with E-state index in [9.17, 15) is 14.4 Å². The standard InChI is InChI=1S/C25H34N4O3/c1-25(26)11-9-16(10-12-25)20(13-15-5-6-15)27-19-4-2-3-17-18(19)14-29(24(17)32)21-7-8-22(30)28-23(21)31/h2-4,15-16,20-21,27H,5-14,26H2,1H3,(H,28,30,31)/t16?,20-,21-,25?/m1/s1. The summed E-state index contributed by atoms with van der Waals surface area (Å²) in [5.41, 5.74) is 8.99. The Balaban J connectivity index is 1.35. The van der Waals surface area contributed by atoms with Gasteiger partial charge in [-0.25, -0.2) is 0 Å². The van der Waals surface area contributed by atoms with Crippen LogP contribution >= 0.6 is 0 Å². The summed E-state index contributed by atoms with van der Waals surface area (Å²) in [5.74, 6) is 0.647. The Morgan fingerprint density at radius 2 is 1.91 bits per heavy atom. The van der Waals surface area contributed by atoms with E-state index in [2.05, 4.69) is 23.6 Å². The highest BCUT2D eigenvalue weighted by Crippen LogP contribution is 2.41. The number of imide groups is 1.